The molecule has 0 spiro atoms. The number of aromatic nitrogens is 2. The normalized spacial score (nSPS) is 17.5. The fourth-order valence-electron chi connectivity index (χ4n) is 4.08. The van der Waals surface area contributed by atoms with Crippen molar-refractivity contribution in [1.29, 1.82) is 0 Å². The Bertz CT molecular complexity index is 1130. The van der Waals surface area contributed by atoms with Gasteiger partial charge in [0.15, 0.2) is 0 Å². The topological polar surface area (TPSA) is 49.0 Å². The molecular formula is C22H20FN3OS. The molecule has 6 heteroatoms. The molecule has 1 atom stereocenters. The highest BCUT2D eigenvalue weighted by atomic mass is 32.1. The van der Waals surface area contributed by atoms with Gasteiger partial charge in [-0.05, 0) is 55.2 Å². The van der Waals surface area contributed by atoms with E-state index in [9.17, 15) is 9.18 Å². The number of halogens is 1. The van der Waals surface area contributed by atoms with E-state index >= 15 is 0 Å². The molecule has 1 fully saturated rings. The second-order valence-corrected chi connectivity index (χ2v) is 8.36. The van der Waals surface area contributed by atoms with E-state index in [4.69, 9.17) is 4.98 Å². The van der Waals surface area contributed by atoms with Crippen LogP contribution in [0.4, 0.5) is 4.39 Å². The summed E-state index contributed by atoms with van der Waals surface area (Å²) in [6.45, 7) is 0.746. The SMILES string of the molecule is O=C(Cc1c[nH]c2ccc(F)cc12)N1CCCCC1c1nc2ccccc2s1. The highest BCUT2D eigenvalue weighted by Gasteiger charge is 2.30. The summed E-state index contributed by atoms with van der Waals surface area (Å²) >= 11 is 1.68. The van der Waals surface area contributed by atoms with Gasteiger partial charge in [-0.1, -0.05) is 12.1 Å². The molecule has 28 heavy (non-hydrogen) atoms. The lowest BCUT2D eigenvalue weighted by Crippen LogP contribution is -2.39. The minimum absolute atomic E-state index is 0.0283. The summed E-state index contributed by atoms with van der Waals surface area (Å²) in [5, 5.41) is 1.79. The van der Waals surface area contributed by atoms with Gasteiger partial charge in [0.25, 0.3) is 0 Å². The predicted molar refractivity (Wildman–Crippen MR) is 110 cm³/mol. The fourth-order valence-corrected chi connectivity index (χ4v) is 5.20. The summed E-state index contributed by atoms with van der Waals surface area (Å²) < 4.78 is 14.8. The summed E-state index contributed by atoms with van der Waals surface area (Å²) in [5.74, 6) is -0.208. The highest BCUT2D eigenvalue weighted by molar-refractivity contribution is 7.18. The number of rotatable bonds is 3. The van der Waals surface area contributed by atoms with Gasteiger partial charge in [0.05, 0.1) is 22.7 Å². The molecule has 3 heterocycles. The van der Waals surface area contributed by atoms with E-state index in [1.54, 1.807) is 17.4 Å². The molecule has 1 unspecified atom stereocenters. The molecule has 2 aromatic carbocycles. The molecule has 1 aliphatic rings. The summed E-state index contributed by atoms with van der Waals surface area (Å²) in [6, 6.07) is 12.8. The monoisotopic (exact) mass is 393 g/mol. The van der Waals surface area contributed by atoms with Crippen LogP contribution in [0.3, 0.4) is 0 Å². The Kier molecular flexibility index (Phi) is 4.36. The van der Waals surface area contributed by atoms with Crippen LogP contribution in [0.15, 0.2) is 48.7 Å². The van der Waals surface area contributed by atoms with E-state index < -0.39 is 0 Å². The molecule has 0 bridgehead atoms. The zero-order chi connectivity index (χ0) is 19.1. The number of hydrogen-bond donors (Lipinski definition) is 1. The van der Waals surface area contributed by atoms with Gasteiger partial charge in [0.2, 0.25) is 5.91 Å². The number of aromatic amines is 1. The van der Waals surface area contributed by atoms with Crippen LogP contribution in [0.25, 0.3) is 21.1 Å². The van der Waals surface area contributed by atoms with E-state index in [2.05, 4.69) is 11.1 Å². The molecule has 4 nitrogen and oxygen atoms in total. The summed E-state index contributed by atoms with van der Waals surface area (Å²) in [7, 11) is 0. The van der Waals surface area contributed by atoms with E-state index in [0.717, 1.165) is 57.5 Å². The van der Waals surface area contributed by atoms with Crippen molar-refractivity contribution in [2.45, 2.75) is 31.7 Å². The van der Waals surface area contributed by atoms with Gasteiger partial charge in [-0.3, -0.25) is 4.79 Å². The lowest BCUT2D eigenvalue weighted by molar-refractivity contribution is -0.134. The molecule has 142 valence electrons. The highest BCUT2D eigenvalue weighted by Crippen LogP contribution is 2.36. The van der Waals surface area contributed by atoms with Crippen LogP contribution in [0, 0.1) is 5.82 Å². The van der Waals surface area contributed by atoms with Gasteiger partial charge in [-0.2, -0.15) is 0 Å². The van der Waals surface area contributed by atoms with Crippen molar-refractivity contribution in [2.24, 2.45) is 0 Å². The zero-order valence-electron chi connectivity index (χ0n) is 15.3. The van der Waals surface area contributed by atoms with E-state index in [1.165, 1.54) is 12.1 Å². The Labute approximate surface area is 166 Å². The van der Waals surface area contributed by atoms with Crippen molar-refractivity contribution >= 4 is 38.4 Å². The van der Waals surface area contributed by atoms with Crippen LogP contribution in [-0.2, 0) is 11.2 Å². The van der Waals surface area contributed by atoms with Gasteiger partial charge in [-0.25, -0.2) is 9.37 Å². The average molecular weight is 393 g/mol. The minimum Gasteiger partial charge on any atom is -0.361 e. The first-order chi connectivity index (χ1) is 13.7. The van der Waals surface area contributed by atoms with Gasteiger partial charge >= 0.3 is 0 Å². The van der Waals surface area contributed by atoms with Crippen LogP contribution in [-0.4, -0.2) is 27.3 Å². The zero-order valence-corrected chi connectivity index (χ0v) is 16.1. The molecule has 0 aliphatic carbocycles. The number of nitrogens with zero attached hydrogens (tertiary/aromatic N) is 2. The van der Waals surface area contributed by atoms with Crippen molar-refractivity contribution < 1.29 is 9.18 Å². The van der Waals surface area contributed by atoms with Gasteiger partial charge in [-0.15, -0.1) is 11.3 Å². The van der Waals surface area contributed by atoms with Crippen LogP contribution >= 0.6 is 11.3 Å². The van der Waals surface area contributed by atoms with E-state index in [0.29, 0.717) is 0 Å². The van der Waals surface area contributed by atoms with Gasteiger partial charge in [0.1, 0.15) is 10.8 Å². The summed E-state index contributed by atoms with van der Waals surface area (Å²) in [6.07, 6.45) is 5.13. The van der Waals surface area contributed by atoms with Crippen molar-refractivity contribution in [3.63, 3.8) is 0 Å². The Morgan fingerprint density at radius 3 is 3.04 bits per heavy atom. The number of thiazole rings is 1. The van der Waals surface area contributed by atoms with E-state index in [-0.39, 0.29) is 24.2 Å². The smallest absolute Gasteiger partial charge is 0.227 e. The molecule has 1 aliphatic heterocycles. The third-order valence-electron chi connectivity index (χ3n) is 5.49. The Morgan fingerprint density at radius 1 is 1.25 bits per heavy atom. The van der Waals surface area contributed by atoms with Crippen LogP contribution in [0.2, 0.25) is 0 Å². The van der Waals surface area contributed by atoms with E-state index in [1.807, 2.05) is 29.3 Å². The maximum Gasteiger partial charge on any atom is 0.227 e. The largest absolute Gasteiger partial charge is 0.361 e. The van der Waals surface area contributed by atoms with Crippen molar-refractivity contribution in [2.75, 3.05) is 6.54 Å². The number of piperidine rings is 1. The number of hydrogen-bond acceptors (Lipinski definition) is 3. The van der Waals surface area contributed by atoms with Crippen LogP contribution in [0.1, 0.15) is 35.9 Å². The number of carbonyl (C=O) groups excluding carboxylic acids is 1. The van der Waals surface area contributed by atoms with Crippen LogP contribution in [0.5, 0.6) is 0 Å². The van der Waals surface area contributed by atoms with Gasteiger partial charge < -0.3 is 9.88 Å². The first-order valence-corrected chi connectivity index (χ1v) is 10.4. The number of likely N-dealkylation sites (tertiary alicyclic amines) is 1. The number of benzene rings is 2. The second-order valence-electron chi connectivity index (χ2n) is 7.30. The Balaban J connectivity index is 1.43. The quantitative estimate of drug-likeness (QED) is 0.519. The van der Waals surface area contributed by atoms with Crippen LogP contribution < -0.4 is 0 Å². The van der Waals surface area contributed by atoms with Crippen molar-refractivity contribution in [1.82, 2.24) is 14.9 Å². The fraction of sp³-hybridized carbons (Fsp3) is 0.273. The third kappa shape index (κ3) is 3.07. The summed E-state index contributed by atoms with van der Waals surface area (Å²) in [4.78, 5) is 23.1. The average Bonchev–Trinajstić information content (AvgIpc) is 3.32. The Morgan fingerprint density at radius 2 is 2.14 bits per heavy atom. The number of fused-ring (bicyclic) bond motifs is 2. The third-order valence-corrected chi connectivity index (χ3v) is 6.63. The maximum absolute atomic E-state index is 13.7. The molecule has 1 N–H and O–H groups in total. The molecule has 4 aromatic rings. The molecule has 1 saturated heterocycles. The minimum atomic E-state index is -0.286. The standard InChI is InChI=1S/C22H20FN3OS/c23-15-8-9-17-16(12-15)14(13-24-17)11-21(27)26-10-4-3-6-19(26)22-25-18-5-1-2-7-20(18)28-22/h1-2,5,7-9,12-13,19,24H,3-4,6,10-11H2. The molecular weight excluding hydrogens is 373 g/mol. The molecule has 2 aromatic heterocycles. The van der Waals surface area contributed by atoms with Crippen molar-refractivity contribution in [3.8, 4) is 0 Å². The number of H-pyrrole nitrogens is 1. The molecule has 1 amide bonds. The Hall–Kier alpha value is -2.73. The second kappa shape index (κ2) is 7.02. The predicted octanol–water partition coefficient (Wildman–Crippen LogP) is 5.21. The number of amides is 1. The first kappa shape index (κ1) is 17.4. The number of nitrogens with one attached hydrogen (secondary N) is 1. The number of para-hydroxylation sites is 1. The summed E-state index contributed by atoms with van der Waals surface area (Å²) in [5.41, 5.74) is 2.69. The lowest BCUT2D eigenvalue weighted by atomic mass is 10.0. The number of carbonyl (C=O) groups is 1. The molecule has 0 radical (unpaired) electrons. The molecule has 0 saturated carbocycles. The van der Waals surface area contributed by atoms with Gasteiger partial charge in [0, 0.05) is 23.6 Å². The maximum atomic E-state index is 13.7. The van der Waals surface area contributed by atoms with Crippen molar-refractivity contribution in [3.05, 3.63) is 65.0 Å². The first-order valence-electron chi connectivity index (χ1n) is 9.59. The lowest BCUT2D eigenvalue weighted by Gasteiger charge is -2.34. The molecule has 5 rings (SSSR count).